The first-order valence-corrected chi connectivity index (χ1v) is 7.31. The van der Waals surface area contributed by atoms with Gasteiger partial charge in [0.1, 0.15) is 0 Å². The molecule has 106 valence electrons. The number of rotatable bonds is 3. The molecule has 0 saturated heterocycles. The van der Waals surface area contributed by atoms with Crippen LogP contribution in [0.5, 0.6) is 0 Å². The minimum Gasteiger partial charge on any atom is -0.353 e. The lowest BCUT2D eigenvalue weighted by molar-refractivity contribution is -0.126. The van der Waals surface area contributed by atoms with Crippen molar-refractivity contribution in [1.29, 1.82) is 0 Å². The average Bonchev–Trinajstić information content (AvgIpc) is 2.62. The third kappa shape index (κ3) is 4.13. The van der Waals surface area contributed by atoms with Gasteiger partial charge >= 0.3 is 0 Å². The number of nitrogens with two attached hydrogens (primary N) is 1. The van der Waals surface area contributed by atoms with Crippen LogP contribution in [-0.4, -0.2) is 18.5 Å². The van der Waals surface area contributed by atoms with Gasteiger partial charge in [0.25, 0.3) is 0 Å². The number of carbonyl (C=O) groups excluding carboxylic acids is 1. The highest BCUT2D eigenvalue weighted by atomic mass is 35.5. The van der Waals surface area contributed by atoms with E-state index in [0.29, 0.717) is 17.9 Å². The van der Waals surface area contributed by atoms with Crippen LogP contribution in [0, 0.1) is 11.8 Å². The monoisotopic (exact) mass is 274 g/mol. The number of carbonyl (C=O) groups is 1. The normalized spacial score (nSPS) is 29.4. The predicted octanol–water partition coefficient (Wildman–Crippen LogP) is 2.62. The zero-order chi connectivity index (χ0) is 12.1. The Balaban J connectivity index is 0.00000162. The maximum atomic E-state index is 12.2. The fourth-order valence-electron chi connectivity index (χ4n) is 3.35. The van der Waals surface area contributed by atoms with E-state index in [4.69, 9.17) is 5.73 Å². The van der Waals surface area contributed by atoms with Crippen LogP contribution in [0.3, 0.4) is 0 Å². The quantitative estimate of drug-likeness (QED) is 0.778. The number of nitrogens with one attached hydrogen (secondary N) is 1. The molecule has 1 amide bonds. The van der Waals surface area contributed by atoms with E-state index < -0.39 is 0 Å². The lowest BCUT2D eigenvalue weighted by Gasteiger charge is -2.22. The van der Waals surface area contributed by atoms with E-state index in [2.05, 4.69) is 5.32 Å². The van der Waals surface area contributed by atoms with Gasteiger partial charge in [-0.1, -0.05) is 32.1 Å². The molecule has 0 heterocycles. The summed E-state index contributed by atoms with van der Waals surface area (Å²) in [5.74, 6) is 1.10. The van der Waals surface area contributed by atoms with E-state index in [0.717, 1.165) is 25.8 Å². The minimum absolute atomic E-state index is 0. The standard InChI is InChI=1S/C14H26N2O.ClH/c15-10-12-8-5-9-13(12)16-14(17)11-6-3-1-2-4-7-11;/h11-13H,1-10,15H2,(H,16,17);1H. The van der Waals surface area contributed by atoms with Gasteiger partial charge in [-0.25, -0.2) is 0 Å². The molecule has 3 N–H and O–H groups in total. The Kier molecular flexibility index (Phi) is 7.02. The molecule has 18 heavy (non-hydrogen) atoms. The van der Waals surface area contributed by atoms with Gasteiger partial charge in [-0.3, -0.25) is 4.79 Å². The van der Waals surface area contributed by atoms with Crippen LogP contribution in [0.25, 0.3) is 0 Å². The summed E-state index contributed by atoms with van der Waals surface area (Å²) in [6.07, 6.45) is 10.8. The first-order valence-electron chi connectivity index (χ1n) is 7.31. The van der Waals surface area contributed by atoms with Crippen molar-refractivity contribution in [3.63, 3.8) is 0 Å². The summed E-state index contributed by atoms with van der Waals surface area (Å²) in [7, 11) is 0. The first kappa shape index (κ1) is 15.8. The third-order valence-corrected chi connectivity index (χ3v) is 4.52. The highest BCUT2D eigenvalue weighted by Crippen LogP contribution is 2.27. The van der Waals surface area contributed by atoms with Gasteiger partial charge in [0.2, 0.25) is 5.91 Å². The fourth-order valence-corrected chi connectivity index (χ4v) is 3.35. The number of amides is 1. The Morgan fingerprint density at radius 3 is 2.28 bits per heavy atom. The zero-order valence-electron chi connectivity index (χ0n) is 11.2. The molecular weight excluding hydrogens is 248 g/mol. The maximum Gasteiger partial charge on any atom is 0.223 e. The van der Waals surface area contributed by atoms with Gasteiger partial charge in [0.05, 0.1) is 0 Å². The largest absolute Gasteiger partial charge is 0.353 e. The highest BCUT2D eigenvalue weighted by Gasteiger charge is 2.29. The van der Waals surface area contributed by atoms with E-state index in [9.17, 15) is 4.79 Å². The number of hydrogen-bond donors (Lipinski definition) is 2. The summed E-state index contributed by atoms with van der Waals surface area (Å²) in [5, 5.41) is 3.26. The molecule has 2 rings (SSSR count). The van der Waals surface area contributed by atoms with Crippen molar-refractivity contribution in [2.24, 2.45) is 17.6 Å². The highest BCUT2D eigenvalue weighted by molar-refractivity contribution is 5.85. The van der Waals surface area contributed by atoms with Crippen LogP contribution in [0.4, 0.5) is 0 Å². The molecule has 2 aliphatic rings. The van der Waals surface area contributed by atoms with E-state index in [1.54, 1.807) is 0 Å². The third-order valence-electron chi connectivity index (χ3n) is 4.52. The molecule has 2 atom stereocenters. The molecule has 0 aromatic rings. The second-order valence-corrected chi connectivity index (χ2v) is 5.73. The first-order chi connectivity index (χ1) is 8.31. The van der Waals surface area contributed by atoms with Crippen molar-refractivity contribution in [1.82, 2.24) is 5.32 Å². The van der Waals surface area contributed by atoms with Crippen LogP contribution < -0.4 is 11.1 Å². The van der Waals surface area contributed by atoms with E-state index in [-0.39, 0.29) is 18.3 Å². The lowest BCUT2D eigenvalue weighted by atomic mass is 9.97. The summed E-state index contributed by atoms with van der Waals surface area (Å²) >= 11 is 0. The minimum atomic E-state index is 0. The van der Waals surface area contributed by atoms with E-state index in [1.807, 2.05) is 0 Å². The van der Waals surface area contributed by atoms with Crippen LogP contribution in [0.15, 0.2) is 0 Å². The van der Waals surface area contributed by atoms with Crippen LogP contribution in [-0.2, 0) is 4.79 Å². The van der Waals surface area contributed by atoms with Crippen molar-refractivity contribution < 1.29 is 4.79 Å². The van der Waals surface area contributed by atoms with Crippen LogP contribution >= 0.6 is 12.4 Å². The fraction of sp³-hybridized carbons (Fsp3) is 0.929. The Morgan fingerprint density at radius 1 is 1.00 bits per heavy atom. The van der Waals surface area contributed by atoms with Crippen LogP contribution in [0.2, 0.25) is 0 Å². The summed E-state index contributed by atoms with van der Waals surface area (Å²) in [5.41, 5.74) is 5.75. The SMILES string of the molecule is Cl.NCC1CCCC1NC(=O)C1CCCCCC1. The van der Waals surface area contributed by atoms with Gasteiger partial charge in [0, 0.05) is 12.0 Å². The summed E-state index contributed by atoms with van der Waals surface area (Å²) < 4.78 is 0. The average molecular weight is 275 g/mol. The second kappa shape index (κ2) is 8.00. The molecule has 2 saturated carbocycles. The van der Waals surface area contributed by atoms with Gasteiger partial charge in [-0.05, 0) is 38.1 Å². The van der Waals surface area contributed by atoms with Gasteiger partial charge in [0.15, 0.2) is 0 Å². The molecule has 2 unspecified atom stereocenters. The molecule has 0 spiro atoms. The smallest absolute Gasteiger partial charge is 0.223 e. The number of halogens is 1. The molecule has 0 bridgehead atoms. The second-order valence-electron chi connectivity index (χ2n) is 5.73. The predicted molar refractivity (Wildman–Crippen MR) is 76.8 cm³/mol. The molecule has 3 nitrogen and oxygen atoms in total. The molecular formula is C14H27ClN2O. The topological polar surface area (TPSA) is 55.1 Å². The van der Waals surface area contributed by atoms with Gasteiger partial charge in [-0.2, -0.15) is 0 Å². The maximum absolute atomic E-state index is 12.2. The summed E-state index contributed by atoms with van der Waals surface area (Å²) in [4.78, 5) is 12.2. The van der Waals surface area contributed by atoms with Crippen molar-refractivity contribution >= 4 is 18.3 Å². The molecule has 0 aliphatic heterocycles. The molecule has 0 aromatic carbocycles. The van der Waals surface area contributed by atoms with Gasteiger partial charge < -0.3 is 11.1 Å². The Morgan fingerprint density at radius 2 is 1.67 bits per heavy atom. The van der Waals surface area contributed by atoms with Gasteiger partial charge in [-0.15, -0.1) is 12.4 Å². The Hall–Kier alpha value is -0.280. The summed E-state index contributed by atoms with van der Waals surface area (Å²) in [6, 6.07) is 0.357. The molecule has 2 fully saturated rings. The molecule has 4 heteroatoms. The van der Waals surface area contributed by atoms with E-state index >= 15 is 0 Å². The Labute approximate surface area is 117 Å². The van der Waals surface area contributed by atoms with Crippen molar-refractivity contribution in [3.8, 4) is 0 Å². The molecule has 0 radical (unpaired) electrons. The number of hydrogen-bond acceptors (Lipinski definition) is 2. The van der Waals surface area contributed by atoms with Crippen molar-refractivity contribution in [2.75, 3.05) is 6.54 Å². The summed E-state index contributed by atoms with van der Waals surface area (Å²) in [6.45, 7) is 0.718. The van der Waals surface area contributed by atoms with Crippen molar-refractivity contribution in [3.05, 3.63) is 0 Å². The zero-order valence-corrected chi connectivity index (χ0v) is 12.0. The van der Waals surface area contributed by atoms with Crippen LogP contribution in [0.1, 0.15) is 57.8 Å². The Bertz CT molecular complexity index is 252. The lowest BCUT2D eigenvalue weighted by Crippen LogP contribution is -2.42. The molecule has 2 aliphatic carbocycles. The van der Waals surface area contributed by atoms with E-state index in [1.165, 1.54) is 38.5 Å². The van der Waals surface area contributed by atoms with Crippen molar-refractivity contribution in [2.45, 2.75) is 63.8 Å². The molecule has 0 aromatic heterocycles.